The Hall–Kier alpha value is -1.41. The molecule has 1 fully saturated rings. The van der Waals surface area contributed by atoms with E-state index in [0.717, 1.165) is 19.3 Å². The van der Waals surface area contributed by atoms with Gasteiger partial charge in [0, 0.05) is 6.54 Å². The minimum Gasteiger partial charge on any atom is -0.481 e. The van der Waals surface area contributed by atoms with Crippen LogP contribution in [-0.2, 0) is 14.8 Å². The molecular weight excluding hydrogens is 282 g/mol. The van der Waals surface area contributed by atoms with E-state index < -0.39 is 21.9 Å². The van der Waals surface area contributed by atoms with Crippen molar-refractivity contribution in [3.63, 3.8) is 0 Å². The standard InChI is InChI=1S/C12H19N3O4S/c1-8-13-7-11(15-8)20(18,19)14-6-9-4-2-3-5-10(9)12(16)17/h7,9-10,14H,2-6H2,1H3,(H,13,15)(H,16,17). The molecule has 1 aromatic rings. The van der Waals surface area contributed by atoms with E-state index in [2.05, 4.69) is 14.7 Å². The molecule has 0 spiro atoms. The van der Waals surface area contributed by atoms with Gasteiger partial charge in [0.15, 0.2) is 5.03 Å². The van der Waals surface area contributed by atoms with E-state index in [0.29, 0.717) is 12.2 Å². The fourth-order valence-electron chi connectivity index (χ4n) is 2.61. The van der Waals surface area contributed by atoms with E-state index in [9.17, 15) is 13.2 Å². The molecule has 0 amide bonds. The smallest absolute Gasteiger partial charge is 0.306 e. The van der Waals surface area contributed by atoms with Crippen molar-refractivity contribution in [3.8, 4) is 0 Å². The van der Waals surface area contributed by atoms with Crippen molar-refractivity contribution in [3.05, 3.63) is 12.0 Å². The van der Waals surface area contributed by atoms with Crippen molar-refractivity contribution >= 4 is 16.0 Å². The summed E-state index contributed by atoms with van der Waals surface area (Å²) in [6.45, 7) is 1.82. The quantitative estimate of drug-likeness (QED) is 0.747. The minimum atomic E-state index is -3.65. The number of hydrogen-bond acceptors (Lipinski definition) is 4. The van der Waals surface area contributed by atoms with E-state index >= 15 is 0 Å². The highest BCUT2D eigenvalue weighted by Gasteiger charge is 2.31. The number of aromatic nitrogens is 2. The van der Waals surface area contributed by atoms with Gasteiger partial charge in [-0.3, -0.25) is 4.79 Å². The van der Waals surface area contributed by atoms with Crippen LogP contribution in [0.5, 0.6) is 0 Å². The first-order valence-electron chi connectivity index (χ1n) is 6.64. The van der Waals surface area contributed by atoms with Crippen molar-refractivity contribution in [1.82, 2.24) is 14.7 Å². The van der Waals surface area contributed by atoms with E-state index in [1.54, 1.807) is 6.92 Å². The largest absolute Gasteiger partial charge is 0.481 e. The summed E-state index contributed by atoms with van der Waals surface area (Å²) < 4.78 is 26.6. The Kier molecular flexibility index (Phi) is 4.44. The number of carboxylic acid groups (broad SMARTS) is 1. The third kappa shape index (κ3) is 3.37. The molecule has 0 aliphatic heterocycles. The monoisotopic (exact) mass is 301 g/mol. The lowest BCUT2D eigenvalue weighted by atomic mass is 9.79. The first-order valence-corrected chi connectivity index (χ1v) is 8.12. The average molecular weight is 301 g/mol. The number of nitrogens with zero attached hydrogens (tertiary/aromatic N) is 1. The summed E-state index contributed by atoms with van der Waals surface area (Å²) in [7, 11) is -3.65. The van der Waals surface area contributed by atoms with Crippen molar-refractivity contribution in [1.29, 1.82) is 0 Å². The molecule has 2 rings (SSSR count). The van der Waals surface area contributed by atoms with Gasteiger partial charge in [0.05, 0.1) is 12.1 Å². The van der Waals surface area contributed by atoms with Crippen molar-refractivity contribution < 1.29 is 18.3 Å². The Labute approximate surface area is 117 Å². The van der Waals surface area contributed by atoms with Crippen molar-refractivity contribution in [2.45, 2.75) is 37.6 Å². The molecule has 0 saturated heterocycles. The van der Waals surface area contributed by atoms with Crippen LogP contribution in [0.4, 0.5) is 0 Å². The average Bonchev–Trinajstić information content (AvgIpc) is 2.84. The van der Waals surface area contributed by atoms with Crippen LogP contribution in [-0.4, -0.2) is 36.0 Å². The molecule has 1 heterocycles. The molecule has 20 heavy (non-hydrogen) atoms. The fraction of sp³-hybridized carbons (Fsp3) is 0.667. The Morgan fingerprint density at radius 1 is 1.50 bits per heavy atom. The molecular formula is C12H19N3O4S. The predicted molar refractivity (Wildman–Crippen MR) is 71.6 cm³/mol. The highest BCUT2D eigenvalue weighted by atomic mass is 32.2. The van der Waals surface area contributed by atoms with Gasteiger partial charge in [-0.25, -0.2) is 18.1 Å². The van der Waals surface area contributed by atoms with Gasteiger partial charge in [-0.2, -0.15) is 0 Å². The number of aryl methyl sites for hydroxylation is 1. The number of nitrogens with one attached hydrogen (secondary N) is 2. The summed E-state index contributed by atoms with van der Waals surface area (Å²) in [5.41, 5.74) is 0. The molecule has 112 valence electrons. The van der Waals surface area contributed by atoms with Gasteiger partial charge in [0.25, 0.3) is 10.0 Å². The maximum Gasteiger partial charge on any atom is 0.306 e. The molecule has 1 aliphatic rings. The molecule has 2 unspecified atom stereocenters. The Morgan fingerprint density at radius 2 is 2.20 bits per heavy atom. The van der Waals surface area contributed by atoms with Gasteiger partial charge in [0.2, 0.25) is 0 Å². The minimum absolute atomic E-state index is 0.0117. The molecule has 7 nitrogen and oxygen atoms in total. The molecule has 1 saturated carbocycles. The van der Waals surface area contributed by atoms with Gasteiger partial charge in [-0.05, 0) is 25.7 Å². The first-order chi connectivity index (χ1) is 9.40. The number of rotatable bonds is 5. The highest BCUT2D eigenvalue weighted by Crippen LogP contribution is 2.30. The van der Waals surface area contributed by atoms with Gasteiger partial charge >= 0.3 is 5.97 Å². The van der Waals surface area contributed by atoms with Crippen LogP contribution in [0.3, 0.4) is 0 Å². The van der Waals surface area contributed by atoms with Gasteiger partial charge < -0.3 is 10.1 Å². The van der Waals surface area contributed by atoms with Crippen molar-refractivity contribution in [2.75, 3.05) is 6.54 Å². The van der Waals surface area contributed by atoms with Crippen LogP contribution in [0.25, 0.3) is 0 Å². The summed E-state index contributed by atoms with van der Waals surface area (Å²) in [4.78, 5) is 17.7. The lowest BCUT2D eigenvalue weighted by Crippen LogP contribution is -2.37. The van der Waals surface area contributed by atoms with Crippen LogP contribution in [0, 0.1) is 18.8 Å². The molecule has 3 N–H and O–H groups in total. The van der Waals surface area contributed by atoms with Crippen molar-refractivity contribution in [2.24, 2.45) is 11.8 Å². The van der Waals surface area contributed by atoms with Crippen LogP contribution in [0.15, 0.2) is 11.2 Å². The summed E-state index contributed by atoms with van der Waals surface area (Å²) in [5, 5.41) is 9.18. The van der Waals surface area contributed by atoms with E-state index in [4.69, 9.17) is 5.11 Å². The number of H-pyrrole nitrogens is 1. The van der Waals surface area contributed by atoms with Gasteiger partial charge in [0.1, 0.15) is 5.82 Å². The zero-order valence-corrected chi connectivity index (χ0v) is 12.1. The molecule has 8 heteroatoms. The first kappa shape index (κ1) is 15.0. The van der Waals surface area contributed by atoms with E-state index in [-0.39, 0.29) is 17.5 Å². The van der Waals surface area contributed by atoms with E-state index in [1.165, 1.54) is 6.20 Å². The number of sulfonamides is 1. The van der Waals surface area contributed by atoms with Crippen LogP contribution in [0.2, 0.25) is 0 Å². The van der Waals surface area contributed by atoms with Gasteiger partial charge in [-0.1, -0.05) is 12.8 Å². The number of carbonyl (C=O) groups is 1. The van der Waals surface area contributed by atoms with Gasteiger partial charge in [-0.15, -0.1) is 0 Å². The summed E-state index contributed by atoms with van der Waals surface area (Å²) in [6.07, 6.45) is 4.44. The SMILES string of the molecule is Cc1ncc(S(=O)(=O)NCC2CCCCC2C(=O)O)[nH]1. The fourth-order valence-corrected chi connectivity index (χ4v) is 3.67. The highest BCUT2D eigenvalue weighted by molar-refractivity contribution is 7.89. The normalized spacial score (nSPS) is 23.6. The third-order valence-corrected chi connectivity index (χ3v) is 5.06. The van der Waals surface area contributed by atoms with Crippen LogP contribution in [0.1, 0.15) is 31.5 Å². The third-order valence-electron chi connectivity index (χ3n) is 3.73. The number of carboxylic acids is 1. The number of hydrogen-bond donors (Lipinski definition) is 3. The maximum atomic E-state index is 12.0. The molecule has 0 aromatic carbocycles. The molecule has 0 radical (unpaired) electrons. The second kappa shape index (κ2) is 5.92. The maximum absolute atomic E-state index is 12.0. The zero-order valence-electron chi connectivity index (χ0n) is 11.3. The zero-order chi connectivity index (χ0) is 14.8. The molecule has 1 aromatic heterocycles. The van der Waals surface area contributed by atoms with Crippen LogP contribution >= 0.6 is 0 Å². The molecule has 0 bridgehead atoms. The Bertz CT molecular complexity index is 581. The Morgan fingerprint density at radius 3 is 2.80 bits per heavy atom. The number of imidazole rings is 1. The number of aliphatic carboxylic acids is 1. The van der Waals surface area contributed by atoms with E-state index in [1.807, 2.05) is 0 Å². The summed E-state index contributed by atoms with van der Waals surface area (Å²) in [6, 6.07) is 0. The second-order valence-electron chi connectivity index (χ2n) is 5.17. The Balaban J connectivity index is 2.01. The summed E-state index contributed by atoms with van der Waals surface area (Å²) in [5.74, 6) is -0.937. The lowest BCUT2D eigenvalue weighted by Gasteiger charge is -2.28. The van der Waals surface area contributed by atoms with Crippen LogP contribution < -0.4 is 4.72 Å². The topological polar surface area (TPSA) is 112 Å². The lowest BCUT2D eigenvalue weighted by molar-refractivity contribution is -0.144. The number of aromatic amines is 1. The summed E-state index contributed by atoms with van der Waals surface area (Å²) >= 11 is 0. The molecule has 1 aliphatic carbocycles. The molecule has 2 atom stereocenters. The predicted octanol–water partition coefficient (Wildman–Crippen LogP) is 0.887. The second-order valence-corrected chi connectivity index (χ2v) is 6.91.